The number of likely N-dealkylation sites (N-methyl/N-ethyl adjacent to an activating group) is 1. The molecule has 0 radical (unpaired) electrons. The molecule has 0 aliphatic carbocycles. The molecule has 3 rings (SSSR count). The van der Waals surface area contributed by atoms with Crippen LogP contribution in [0.5, 0.6) is 5.75 Å². The second-order valence-electron chi connectivity index (χ2n) is 6.94. The number of rotatable bonds is 8. The van der Waals surface area contributed by atoms with Gasteiger partial charge in [0.1, 0.15) is 0 Å². The van der Waals surface area contributed by atoms with Gasteiger partial charge in [-0.25, -0.2) is 4.39 Å². The highest BCUT2D eigenvalue weighted by atomic mass is 19.1. The van der Waals surface area contributed by atoms with E-state index in [1.54, 1.807) is 11.0 Å². The largest absolute Gasteiger partial charge is 0.494 e. The van der Waals surface area contributed by atoms with Gasteiger partial charge in [0.05, 0.1) is 20.2 Å². The normalized spacial score (nSPS) is 10.8. The first-order valence-electron chi connectivity index (χ1n) is 9.47. The quantitative estimate of drug-likeness (QED) is 0.566. The van der Waals surface area contributed by atoms with E-state index in [9.17, 15) is 9.18 Å². The third kappa shape index (κ3) is 5.65. The number of anilines is 1. The average Bonchev–Trinajstić information content (AvgIpc) is 2.73. The maximum Gasteiger partial charge on any atom is 0.241 e. The predicted octanol–water partition coefficient (Wildman–Crippen LogP) is 4.50. The molecule has 0 bridgehead atoms. The smallest absolute Gasteiger partial charge is 0.241 e. The van der Waals surface area contributed by atoms with Crippen molar-refractivity contribution in [3.8, 4) is 5.75 Å². The number of hydrogen-bond donors (Lipinski definition) is 0. The lowest BCUT2D eigenvalue weighted by molar-refractivity contribution is -0.119. The number of ether oxygens (including phenoxy) is 1. The molecule has 150 valence electrons. The second kappa shape index (κ2) is 9.85. The molecule has 0 heterocycles. The molecule has 0 saturated heterocycles. The summed E-state index contributed by atoms with van der Waals surface area (Å²) in [6.07, 6.45) is 0. The van der Waals surface area contributed by atoms with E-state index in [0.29, 0.717) is 13.1 Å². The molecule has 0 saturated carbocycles. The topological polar surface area (TPSA) is 32.8 Å². The van der Waals surface area contributed by atoms with Crippen molar-refractivity contribution < 1.29 is 13.9 Å². The van der Waals surface area contributed by atoms with Crippen LogP contribution in [0.2, 0.25) is 0 Å². The second-order valence-corrected chi connectivity index (χ2v) is 6.94. The number of amides is 1. The number of benzene rings is 3. The molecule has 0 unspecified atom stereocenters. The minimum Gasteiger partial charge on any atom is -0.494 e. The minimum absolute atomic E-state index is 0.0171. The Labute approximate surface area is 171 Å². The molecular weight excluding hydrogens is 367 g/mol. The van der Waals surface area contributed by atoms with Crippen molar-refractivity contribution in [3.05, 3.63) is 95.8 Å². The average molecular weight is 392 g/mol. The van der Waals surface area contributed by atoms with Gasteiger partial charge in [-0.1, -0.05) is 54.6 Å². The SMILES string of the molecule is COc1ccc(CN(C)CC(=O)N(Cc2ccccc2)c2ccccc2)cc1F. The molecule has 0 aromatic heterocycles. The van der Waals surface area contributed by atoms with Gasteiger partial charge < -0.3 is 9.64 Å². The van der Waals surface area contributed by atoms with Crippen molar-refractivity contribution in [1.82, 2.24) is 4.90 Å². The summed E-state index contributed by atoms with van der Waals surface area (Å²) in [5.74, 6) is -0.207. The van der Waals surface area contributed by atoms with Gasteiger partial charge in [0.15, 0.2) is 11.6 Å². The summed E-state index contributed by atoms with van der Waals surface area (Å²) in [5, 5.41) is 0. The third-order valence-electron chi connectivity index (χ3n) is 4.63. The zero-order valence-corrected chi connectivity index (χ0v) is 16.7. The number of carbonyl (C=O) groups is 1. The van der Waals surface area contributed by atoms with Crippen LogP contribution in [0.25, 0.3) is 0 Å². The number of carbonyl (C=O) groups excluding carboxylic acids is 1. The Morgan fingerprint density at radius 3 is 2.17 bits per heavy atom. The van der Waals surface area contributed by atoms with Crippen LogP contribution >= 0.6 is 0 Å². The van der Waals surface area contributed by atoms with Crippen LogP contribution in [0.15, 0.2) is 78.9 Å². The molecule has 5 heteroatoms. The van der Waals surface area contributed by atoms with Crippen molar-refractivity contribution in [2.24, 2.45) is 0 Å². The highest BCUT2D eigenvalue weighted by Gasteiger charge is 2.18. The van der Waals surface area contributed by atoms with Crippen molar-refractivity contribution in [1.29, 1.82) is 0 Å². The third-order valence-corrected chi connectivity index (χ3v) is 4.63. The zero-order chi connectivity index (χ0) is 20.6. The Morgan fingerprint density at radius 2 is 1.55 bits per heavy atom. The molecular formula is C24H25FN2O2. The van der Waals surface area contributed by atoms with Crippen LogP contribution in [0, 0.1) is 5.82 Å². The van der Waals surface area contributed by atoms with Crippen LogP contribution in [0.3, 0.4) is 0 Å². The summed E-state index contributed by atoms with van der Waals surface area (Å²) in [4.78, 5) is 16.8. The number of methoxy groups -OCH3 is 1. The number of halogens is 1. The van der Waals surface area contributed by atoms with E-state index in [1.807, 2.05) is 78.7 Å². The summed E-state index contributed by atoms with van der Waals surface area (Å²) in [5.41, 5.74) is 2.70. The Hall–Kier alpha value is -3.18. The van der Waals surface area contributed by atoms with Gasteiger partial charge in [-0.2, -0.15) is 0 Å². The number of nitrogens with zero attached hydrogens (tertiary/aromatic N) is 2. The Kier molecular flexibility index (Phi) is 6.98. The summed E-state index contributed by atoms with van der Waals surface area (Å²) in [6.45, 7) is 1.17. The lowest BCUT2D eigenvalue weighted by atomic mass is 10.2. The van der Waals surface area contributed by atoms with Crippen molar-refractivity contribution in [2.75, 3.05) is 25.6 Å². The minimum atomic E-state index is -0.403. The van der Waals surface area contributed by atoms with Gasteiger partial charge in [-0.15, -0.1) is 0 Å². The fourth-order valence-electron chi connectivity index (χ4n) is 3.19. The van der Waals surface area contributed by atoms with Crippen molar-refractivity contribution >= 4 is 11.6 Å². The first kappa shape index (κ1) is 20.6. The summed E-state index contributed by atoms with van der Waals surface area (Å²) in [6, 6.07) is 24.4. The van der Waals surface area contributed by atoms with E-state index >= 15 is 0 Å². The van der Waals surface area contributed by atoms with Gasteiger partial charge in [0, 0.05) is 12.2 Å². The molecule has 0 atom stereocenters. The van der Waals surface area contributed by atoms with Gasteiger partial charge in [0.2, 0.25) is 5.91 Å². The zero-order valence-electron chi connectivity index (χ0n) is 16.7. The highest BCUT2D eigenvalue weighted by molar-refractivity contribution is 5.94. The fourth-order valence-corrected chi connectivity index (χ4v) is 3.19. The first-order valence-corrected chi connectivity index (χ1v) is 9.47. The van der Waals surface area contributed by atoms with Crippen LogP contribution in [-0.4, -0.2) is 31.5 Å². The maximum absolute atomic E-state index is 13.9. The molecule has 3 aromatic carbocycles. The molecule has 4 nitrogen and oxygen atoms in total. The molecule has 29 heavy (non-hydrogen) atoms. The lowest BCUT2D eigenvalue weighted by Gasteiger charge is -2.26. The van der Waals surface area contributed by atoms with E-state index in [-0.39, 0.29) is 18.2 Å². The Morgan fingerprint density at radius 1 is 0.897 bits per heavy atom. The summed E-state index contributed by atoms with van der Waals surface area (Å²) in [7, 11) is 3.29. The van der Waals surface area contributed by atoms with Gasteiger partial charge in [-0.3, -0.25) is 9.69 Å². The fraction of sp³-hybridized carbons (Fsp3) is 0.208. The molecule has 0 N–H and O–H groups in total. The Balaban J connectivity index is 1.71. The number of para-hydroxylation sites is 1. The summed E-state index contributed by atoms with van der Waals surface area (Å²) < 4.78 is 18.9. The van der Waals surface area contributed by atoms with Gasteiger partial charge in [-0.05, 0) is 42.4 Å². The first-order chi connectivity index (χ1) is 14.1. The van der Waals surface area contributed by atoms with Crippen LogP contribution in [0.4, 0.5) is 10.1 Å². The highest BCUT2D eigenvalue weighted by Crippen LogP contribution is 2.20. The monoisotopic (exact) mass is 392 g/mol. The molecule has 0 aliphatic rings. The van der Waals surface area contributed by atoms with Crippen LogP contribution < -0.4 is 9.64 Å². The molecule has 3 aromatic rings. The van der Waals surface area contributed by atoms with Gasteiger partial charge in [0.25, 0.3) is 0 Å². The predicted molar refractivity (Wildman–Crippen MR) is 113 cm³/mol. The van der Waals surface area contributed by atoms with Crippen LogP contribution in [-0.2, 0) is 17.9 Å². The van der Waals surface area contributed by atoms with E-state index < -0.39 is 5.82 Å². The maximum atomic E-state index is 13.9. The van der Waals surface area contributed by atoms with E-state index in [2.05, 4.69) is 0 Å². The lowest BCUT2D eigenvalue weighted by Crippen LogP contribution is -2.38. The molecule has 0 spiro atoms. The van der Waals surface area contributed by atoms with E-state index in [1.165, 1.54) is 13.2 Å². The molecule has 0 aliphatic heterocycles. The van der Waals surface area contributed by atoms with Crippen molar-refractivity contribution in [2.45, 2.75) is 13.1 Å². The van der Waals surface area contributed by atoms with Crippen LogP contribution in [0.1, 0.15) is 11.1 Å². The number of hydrogen-bond acceptors (Lipinski definition) is 3. The van der Waals surface area contributed by atoms with Gasteiger partial charge >= 0.3 is 0 Å². The molecule has 0 fully saturated rings. The standard InChI is InChI=1S/C24H25FN2O2/c1-26(16-20-13-14-23(29-2)22(25)15-20)18-24(28)27(21-11-7-4-8-12-21)17-19-9-5-3-6-10-19/h3-15H,16-18H2,1-2H3. The van der Waals surface area contributed by atoms with E-state index in [4.69, 9.17) is 4.74 Å². The molecule has 1 amide bonds. The Bertz CT molecular complexity index is 932. The van der Waals surface area contributed by atoms with Crippen molar-refractivity contribution in [3.63, 3.8) is 0 Å². The van der Waals surface area contributed by atoms with E-state index in [0.717, 1.165) is 16.8 Å². The summed E-state index contributed by atoms with van der Waals surface area (Å²) >= 11 is 0.